The molecule has 4 aromatic carbocycles. The molecule has 0 atom stereocenters. The number of carbonyl (C=O) groups excluding carboxylic acids is 2. The number of methoxy groups -OCH3 is 1. The molecule has 5 aromatic rings. The number of hydrogen-bond acceptors (Lipinski definition) is 7. The molecule has 0 aliphatic heterocycles. The number of hydrazone groups is 1. The molecular weight excluding hydrogens is 606 g/mol. The van der Waals surface area contributed by atoms with Crippen molar-refractivity contribution in [2.45, 2.75) is 27.2 Å². The van der Waals surface area contributed by atoms with Crippen LogP contribution in [0.1, 0.15) is 52.7 Å². The van der Waals surface area contributed by atoms with Crippen molar-refractivity contribution in [2.24, 2.45) is 5.10 Å². The van der Waals surface area contributed by atoms with Gasteiger partial charge < -0.3 is 23.9 Å². The summed E-state index contributed by atoms with van der Waals surface area (Å²) in [6, 6.07) is 23.2. The van der Waals surface area contributed by atoms with Crippen LogP contribution in [-0.4, -0.2) is 43.4 Å². The zero-order valence-electron chi connectivity index (χ0n) is 26.0. The summed E-state index contributed by atoms with van der Waals surface area (Å²) in [5.74, 6) is 0.512. The van der Waals surface area contributed by atoms with E-state index in [1.54, 1.807) is 42.5 Å². The van der Waals surface area contributed by atoms with E-state index in [4.69, 9.17) is 30.5 Å². The van der Waals surface area contributed by atoms with Gasteiger partial charge in [0.2, 0.25) is 0 Å². The van der Waals surface area contributed by atoms with Crippen LogP contribution in [0, 0.1) is 0 Å². The lowest BCUT2D eigenvalue weighted by Gasteiger charge is -2.13. The Labute approximate surface area is 272 Å². The number of aromatic amines is 1. The average molecular weight is 640 g/mol. The summed E-state index contributed by atoms with van der Waals surface area (Å²) in [4.78, 5) is 29.7. The molecule has 1 amide bonds. The van der Waals surface area contributed by atoms with Gasteiger partial charge in [-0.05, 0) is 73.9 Å². The van der Waals surface area contributed by atoms with Gasteiger partial charge in [-0.1, -0.05) is 54.9 Å². The van der Waals surface area contributed by atoms with Gasteiger partial charge in [0.25, 0.3) is 5.91 Å². The molecule has 10 heteroatoms. The predicted molar refractivity (Wildman–Crippen MR) is 180 cm³/mol. The van der Waals surface area contributed by atoms with Gasteiger partial charge in [-0.2, -0.15) is 5.10 Å². The number of nitrogens with one attached hydrogen (secondary N) is 2. The minimum atomic E-state index is -0.588. The standard InChI is InChI=1S/C36H34ClN3O6/c1-5-23-11-10-13-26-32(25-12-8-9-14-27(25)37)34(39-33(23)26)35(41)40-38-21-22-15-17-29(30(19-22)43-4)46-36(42)24-16-18-28(44-6-2)31(20-24)45-7-3/h8-21,39H,5-7H2,1-4H3,(H,40,41). The van der Waals surface area contributed by atoms with Gasteiger partial charge in [0, 0.05) is 27.1 Å². The first-order chi connectivity index (χ1) is 22.4. The van der Waals surface area contributed by atoms with Crippen molar-refractivity contribution in [2.75, 3.05) is 20.3 Å². The molecule has 5 rings (SSSR count). The van der Waals surface area contributed by atoms with E-state index in [0.29, 0.717) is 57.9 Å². The first-order valence-corrected chi connectivity index (χ1v) is 15.3. The number of hydrogen-bond donors (Lipinski definition) is 2. The summed E-state index contributed by atoms with van der Waals surface area (Å²) < 4.78 is 22.3. The van der Waals surface area contributed by atoms with E-state index in [1.165, 1.54) is 13.3 Å². The Morgan fingerprint density at radius 3 is 2.37 bits per heavy atom. The van der Waals surface area contributed by atoms with Gasteiger partial charge in [0.05, 0.1) is 32.1 Å². The number of benzene rings is 4. The molecule has 2 N–H and O–H groups in total. The van der Waals surface area contributed by atoms with Crippen molar-refractivity contribution < 1.29 is 28.5 Å². The molecule has 0 aliphatic carbocycles. The second kappa shape index (κ2) is 14.7. The number of esters is 1. The van der Waals surface area contributed by atoms with Crippen LogP contribution >= 0.6 is 11.6 Å². The van der Waals surface area contributed by atoms with Gasteiger partial charge in [-0.3, -0.25) is 4.79 Å². The van der Waals surface area contributed by atoms with Crippen molar-refractivity contribution in [1.29, 1.82) is 0 Å². The molecule has 0 fully saturated rings. The molecule has 1 heterocycles. The summed E-state index contributed by atoms with van der Waals surface area (Å²) in [6.45, 7) is 6.67. The van der Waals surface area contributed by atoms with E-state index in [-0.39, 0.29) is 5.75 Å². The Balaban J connectivity index is 1.35. The van der Waals surface area contributed by atoms with E-state index in [1.807, 2.05) is 50.2 Å². The molecule has 0 bridgehead atoms. The van der Waals surface area contributed by atoms with Crippen LogP contribution in [0.25, 0.3) is 22.0 Å². The number of carbonyl (C=O) groups is 2. The minimum Gasteiger partial charge on any atom is -0.493 e. The summed E-state index contributed by atoms with van der Waals surface area (Å²) in [6.07, 6.45) is 2.27. The van der Waals surface area contributed by atoms with Gasteiger partial charge in [-0.15, -0.1) is 0 Å². The van der Waals surface area contributed by atoms with Gasteiger partial charge in [0.15, 0.2) is 23.0 Å². The number of para-hydroxylation sites is 1. The third-order valence-electron chi connectivity index (χ3n) is 7.22. The number of rotatable bonds is 12. The fourth-order valence-electron chi connectivity index (χ4n) is 5.09. The molecule has 9 nitrogen and oxygen atoms in total. The van der Waals surface area contributed by atoms with Crippen LogP contribution in [-0.2, 0) is 6.42 Å². The van der Waals surface area contributed by atoms with Crippen LogP contribution in [0.2, 0.25) is 5.02 Å². The lowest BCUT2D eigenvalue weighted by atomic mass is 9.99. The highest BCUT2D eigenvalue weighted by Crippen LogP contribution is 2.38. The Kier molecular flexibility index (Phi) is 10.2. The van der Waals surface area contributed by atoms with Crippen LogP contribution in [0.5, 0.6) is 23.0 Å². The maximum absolute atomic E-state index is 13.5. The van der Waals surface area contributed by atoms with Gasteiger partial charge in [0.1, 0.15) is 5.69 Å². The predicted octanol–water partition coefficient (Wildman–Crippen LogP) is 7.84. The topological polar surface area (TPSA) is 111 Å². The average Bonchev–Trinajstić information content (AvgIpc) is 3.46. The number of nitrogens with zero attached hydrogens (tertiary/aromatic N) is 1. The molecule has 0 saturated heterocycles. The number of H-pyrrole nitrogens is 1. The highest BCUT2D eigenvalue weighted by molar-refractivity contribution is 6.34. The van der Waals surface area contributed by atoms with E-state index in [2.05, 4.69) is 22.4 Å². The van der Waals surface area contributed by atoms with Crippen molar-refractivity contribution in [3.63, 3.8) is 0 Å². The maximum atomic E-state index is 13.5. The molecule has 46 heavy (non-hydrogen) atoms. The summed E-state index contributed by atoms with van der Waals surface area (Å²) in [5.41, 5.74) is 7.27. The quantitative estimate of drug-likeness (QED) is 0.0623. The lowest BCUT2D eigenvalue weighted by Crippen LogP contribution is -2.19. The Bertz CT molecular complexity index is 1920. The van der Waals surface area contributed by atoms with Crippen molar-refractivity contribution in [3.8, 4) is 34.1 Å². The van der Waals surface area contributed by atoms with Crippen LogP contribution in [0.3, 0.4) is 0 Å². The third kappa shape index (κ3) is 6.84. The summed E-state index contributed by atoms with van der Waals surface area (Å²) in [7, 11) is 1.47. The fraction of sp³-hybridized carbons (Fsp3) is 0.194. The molecule has 0 radical (unpaired) electrons. The molecule has 0 aliphatic rings. The number of amides is 1. The van der Waals surface area contributed by atoms with Crippen molar-refractivity contribution in [1.82, 2.24) is 10.4 Å². The number of ether oxygens (including phenoxy) is 4. The smallest absolute Gasteiger partial charge is 0.343 e. The molecule has 0 saturated carbocycles. The zero-order valence-corrected chi connectivity index (χ0v) is 26.7. The second-order valence-corrected chi connectivity index (χ2v) is 10.5. The SMILES string of the molecule is CCOc1ccc(C(=O)Oc2ccc(C=NNC(=O)c3[nH]c4c(CC)cccc4c3-c3ccccc3Cl)cc2OC)cc1OCC. The largest absolute Gasteiger partial charge is 0.493 e. The zero-order chi connectivity index (χ0) is 32.6. The van der Waals surface area contributed by atoms with E-state index < -0.39 is 11.9 Å². The number of halogens is 1. The third-order valence-corrected chi connectivity index (χ3v) is 7.55. The number of fused-ring (bicyclic) bond motifs is 1. The highest BCUT2D eigenvalue weighted by atomic mass is 35.5. The van der Waals surface area contributed by atoms with E-state index in [0.717, 1.165) is 28.5 Å². The van der Waals surface area contributed by atoms with E-state index in [9.17, 15) is 9.59 Å². The van der Waals surface area contributed by atoms with Crippen LogP contribution in [0.15, 0.2) is 84.0 Å². The second-order valence-electron chi connectivity index (χ2n) is 10.1. The fourth-order valence-corrected chi connectivity index (χ4v) is 5.32. The first kappa shape index (κ1) is 32.1. The molecule has 236 valence electrons. The molecule has 0 spiro atoms. The van der Waals surface area contributed by atoms with Gasteiger partial charge in [-0.25, -0.2) is 10.2 Å². The van der Waals surface area contributed by atoms with Crippen molar-refractivity contribution in [3.05, 3.63) is 106 Å². The minimum absolute atomic E-state index is 0.217. The Hall–Kier alpha value is -5.28. The first-order valence-electron chi connectivity index (χ1n) is 14.9. The van der Waals surface area contributed by atoms with E-state index >= 15 is 0 Å². The van der Waals surface area contributed by atoms with Gasteiger partial charge >= 0.3 is 5.97 Å². The van der Waals surface area contributed by atoms with Crippen molar-refractivity contribution >= 4 is 40.6 Å². The maximum Gasteiger partial charge on any atom is 0.343 e. The molecular formula is C36H34ClN3O6. The number of aryl methyl sites for hydroxylation is 1. The summed E-state index contributed by atoms with van der Waals surface area (Å²) >= 11 is 6.57. The Morgan fingerprint density at radius 2 is 1.63 bits per heavy atom. The molecule has 1 aromatic heterocycles. The summed E-state index contributed by atoms with van der Waals surface area (Å²) in [5, 5.41) is 5.62. The van der Waals surface area contributed by atoms with Crippen LogP contribution < -0.4 is 24.4 Å². The highest BCUT2D eigenvalue weighted by Gasteiger charge is 2.22. The monoisotopic (exact) mass is 639 g/mol. The van der Waals surface area contributed by atoms with Crippen LogP contribution in [0.4, 0.5) is 0 Å². The number of aromatic nitrogens is 1. The molecule has 0 unspecified atom stereocenters. The lowest BCUT2D eigenvalue weighted by molar-refractivity contribution is 0.0728. The Morgan fingerprint density at radius 1 is 0.870 bits per heavy atom. The normalized spacial score (nSPS) is 11.1.